The van der Waals surface area contributed by atoms with Gasteiger partial charge in [0, 0.05) is 32.3 Å². The number of rotatable bonds is 3. The van der Waals surface area contributed by atoms with Crippen LogP contribution in [-0.2, 0) is 0 Å². The fourth-order valence-corrected chi connectivity index (χ4v) is 8.46. The van der Waals surface area contributed by atoms with Crippen LogP contribution in [0.3, 0.4) is 0 Å². The van der Waals surface area contributed by atoms with Crippen LogP contribution in [-0.4, -0.2) is 21.3 Å². The summed E-state index contributed by atoms with van der Waals surface area (Å²) >= 11 is 0. The summed E-state index contributed by atoms with van der Waals surface area (Å²) in [6.45, 7) is 0. The van der Waals surface area contributed by atoms with Crippen molar-refractivity contribution in [1.29, 1.82) is 0 Å². The molecular formula is C45H30O3. The van der Waals surface area contributed by atoms with Gasteiger partial charge in [0.15, 0.2) is 0 Å². The van der Waals surface area contributed by atoms with Gasteiger partial charge in [-0.05, 0) is 82.8 Å². The van der Waals surface area contributed by atoms with Crippen molar-refractivity contribution in [3.05, 3.63) is 127 Å². The van der Waals surface area contributed by atoms with Crippen LogP contribution >= 0.6 is 0 Å². The minimum Gasteiger partial charge on any atom is -0.496 e. The smallest absolute Gasteiger partial charge is 0.127 e. The van der Waals surface area contributed by atoms with Gasteiger partial charge in [-0.1, -0.05) is 109 Å². The molecule has 0 spiro atoms. The number of methoxy groups -OCH3 is 3. The highest BCUT2D eigenvalue weighted by Crippen LogP contribution is 2.50. The van der Waals surface area contributed by atoms with Crippen molar-refractivity contribution in [2.24, 2.45) is 0 Å². The zero-order valence-electron chi connectivity index (χ0n) is 26.8. The predicted octanol–water partition coefficient (Wildman–Crippen LogP) is 12.1. The molecule has 48 heavy (non-hydrogen) atoms. The molecule has 0 bridgehead atoms. The Morgan fingerprint density at radius 2 is 0.500 bits per heavy atom. The quantitative estimate of drug-likeness (QED) is 0.184. The monoisotopic (exact) mass is 618 g/mol. The lowest BCUT2D eigenvalue weighted by Gasteiger charge is -2.20. The maximum Gasteiger partial charge on any atom is 0.127 e. The van der Waals surface area contributed by atoms with E-state index in [0.717, 1.165) is 49.6 Å². The molecule has 0 aromatic heterocycles. The SMILES string of the molecule is COc1cccc2ccc3ccc4c(c5ccc6ccc7cccc(OC)c7c6c5c5ccc6ccc7cccc(OC)c7c6c45)c3c12. The van der Waals surface area contributed by atoms with E-state index in [1.54, 1.807) is 21.3 Å². The van der Waals surface area contributed by atoms with Crippen LogP contribution in [0.2, 0.25) is 0 Å². The van der Waals surface area contributed by atoms with Crippen molar-refractivity contribution >= 4 is 97.0 Å². The molecule has 3 heteroatoms. The first-order valence-corrected chi connectivity index (χ1v) is 16.3. The highest BCUT2D eigenvalue weighted by molar-refractivity contribution is 6.44. The molecular weight excluding hydrogens is 588 g/mol. The van der Waals surface area contributed by atoms with Gasteiger partial charge in [-0.2, -0.15) is 0 Å². The molecule has 10 aromatic carbocycles. The molecule has 0 fully saturated rings. The van der Waals surface area contributed by atoms with Gasteiger partial charge in [-0.3, -0.25) is 0 Å². The third-order valence-electron chi connectivity index (χ3n) is 10.4. The summed E-state index contributed by atoms with van der Waals surface area (Å²) in [7, 11) is 5.30. The topological polar surface area (TPSA) is 27.7 Å². The summed E-state index contributed by atoms with van der Waals surface area (Å²) in [4.78, 5) is 0. The van der Waals surface area contributed by atoms with Gasteiger partial charge in [0.1, 0.15) is 17.2 Å². The Kier molecular flexibility index (Phi) is 5.63. The fraction of sp³-hybridized carbons (Fsp3) is 0.0667. The number of benzene rings is 10. The van der Waals surface area contributed by atoms with Gasteiger partial charge in [0.25, 0.3) is 0 Å². The third-order valence-corrected chi connectivity index (χ3v) is 10.4. The lowest BCUT2D eigenvalue weighted by molar-refractivity contribution is 0.420. The molecule has 10 rings (SSSR count). The van der Waals surface area contributed by atoms with Gasteiger partial charge in [0.2, 0.25) is 0 Å². The summed E-state index contributed by atoms with van der Waals surface area (Å²) in [5.41, 5.74) is 0. The summed E-state index contributed by atoms with van der Waals surface area (Å²) in [6.07, 6.45) is 0. The predicted molar refractivity (Wildman–Crippen MR) is 204 cm³/mol. The van der Waals surface area contributed by atoms with E-state index in [4.69, 9.17) is 14.2 Å². The van der Waals surface area contributed by atoms with Crippen LogP contribution in [0, 0.1) is 0 Å². The van der Waals surface area contributed by atoms with Crippen molar-refractivity contribution < 1.29 is 14.2 Å². The molecule has 228 valence electrons. The fourth-order valence-electron chi connectivity index (χ4n) is 8.46. The van der Waals surface area contributed by atoms with Gasteiger partial charge in [-0.25, -0.2) is 0 Å². The first-order valence-electron chi connectivity index (χ1n) is 16.3. The molecule has 0 aliphatic carbocycles. The molecule has 3 nitrogen and oxygen atoms in total. The Morgan fingerprint density at radius 1 is 0.250 bits per heavy atom. The maximum atomic E-state index is 6.07. The van der Waals surface area contributed by atoms with Crippen LogP contribution < -0.4 is 14.2 Å². The van der Waals surface area contributed by atoms with Crippen molar-refractivity contribution in [2.45, 2.75) is 0 Å². The summed E-state index contributed by atoms with van der Waals surface area (Å²) < 4.78 is 18.2. The second kappa shape index (κ2) is 9.97. The lowest BCUT2D eigenvalue weighted by Crippen LogP contribution is -1.93. The second-order valence-corrected chi connectivity index (χ2v) is 12.6. The number of hydrogen-bond donors (Lipinski definition) is 0. The minimum atomic E-state index is 0.872. The van der Waals surface area contributed by atoms with Crippen LogP contribution in [0.15, 0.2) is 127 Å². The molecule has 10 aromatic rings. The maximum absolute atomic E-state index is 6.07. The van der Waals surface area contributed by atoms with Gasteiger partial charge < -0.3 is 14.2 Å². The number of hydrogen-bond acceptors (Lipinski definition) is 3. The van der Waals surface area contributed by atoms with Crippen LogP contribution in [0.4, 0.5) is 0 Å². The molecule has 0 heterocycles. The number of fused-ring (bicyclic) bond motifs is 18. The first kappa shape index (κ1) is 27.1. The van der Waals surface area contributed by atoms with E-state index in [9.17, 15) is 0 Å². The molecule has 0 saturated heterocycles. The van der Waals surface area contributed by atoms with E-state index in [1.165, 1.54) is 64.6 Å². The molecule has 0 N–H and O–H groups in total. The molecule has 0 aliphatic heterocycles. The van der Waals surface area contributed by atoms with E-state index >= 15 is 0 Å². The molecule has 0 amide bonds. The third kappa shape index (κ3) is 3.48. The molecule has 0 saturated carbocycles. The van der Waals surface area contributed by atoms with E-state index in [-0.39, 0.29) is 0 Å². The lowest BCUT2D eigenvalue weighted by atomic mass is 9.84. The second-order valence-electron chi connectivity index (χ2n) is 12.6. The van der Waals surface area contributed by atoms with E-state index in [0.29, 0.717) is 0 Å². The largest absolute Gasteiger partial charge is 0.496 e. The first-order chi connectivity index (χ1) is 23.7. The highest BCUT2D eigenvalue weighted by atomic mass is 16.5. The Morgan fingerprint density at radius 3 is 0.771 bits per heavy atom. The molecule has 0 unspecified atom stereocenters. The van der Waals surface area contributed by atoms with Crippen molar-refractivity contribution in [1.82, 2.24) is 0 Å². The van der Waals surface area contributed by atoms with Crippen LogP contribution in [0.5, 0.6) is 17.2 Å². The van der Waals surface area contributed by atoms with Crippen molar-refractivity contribution in [3.63, 3.8) is 0 Å². The van der Waals surface area contributed by atoms with E-state index < -0.39 is 0 Å². The Balaban J connectivity index is 1.63. The summed E-state index contributed by atoms with van der Waals surface area (Å²) in [6, 6.07) is 46.1. The molecule has 0 radical (unpaired) electrons. The normalized spacial score (nSPS) is 12.1. The summed E-state index contributed by atoms with van der Waals surface area (Å²) in [5.74, 6) is 2.62. The average Bonchev–Trinajstić information content (AvgIpc) is 3.15. The molecule has 0 aliphatic rings. The summed E-state index contributed by atoms with van der Waals surface area (Å²) in [5, 5.41) is 21.3. The Bertz CT molecular complexity index is 2650. The van der Waals surface area contributed by atoms with Crippen molar-refractivity contribution in [3.8, 4) is 17.2 Å². The van der Waals surface area contributed by atoms with E-state index in [1.807, 2.05) is 0 Å². The average molecular weight is 619 g/mol. The minimum absolute atomic E-state index is 0.872. The number of ether oxygens (including phenoxy) is 3. The Hall–Kier alpha value is -6.06. The standard InChI is InChI=1S/C45H30O3/c1-46-34-10-4-7-25-13-16-28-19-22-31-43(40(28)37(25)34)32-23-20-29-17-14-26-8-5-11-35(47-2)38(26)41(29)45(32)33-24-21-30-18-15-27-9-6-12-36(48-3)39(27)42(30)44(31)33/h4-24H,1-3H3. The van der Waals surface area contributed by atoms with Gasteiger partial charge in [-0.15, -0.1) is 0 Å². The Labute approximate surface area is 276 Å². The van der Waals surface area contributed by atoms with Crippen LogP contribution in [0.1, 0.15) is 0 Å². The zero-order chi connectivity index (χ0) is 32.1. The zero-order valence-corrected chi connectivity index (χ0v) is 26.8. The van der Waals surface area contributed by atoms with Crippen molar-refractivity contribution in [2.75, 3.05) is 21.3 Å². The van der Waals surface area contributed by atoms with Crippen LogP contribution in [0.25, 0.3) is 97.0 Å². The van der Waals surface area contributed by atoms with Gasteiger partial charge in [0.05, 0.1) is 21.3 Å². The van der Waals surface area contributed by atoms with Gasteiger partial charge >= 0.3 is 0 Å². The molecule has 0 atom stereocenters. The highest BCUT2D eigenvalue weighted by Gasteiger charge is 2.21. The van der Waals surface area contributed by atoms with E-state index in [2.05, 4.69) is 127 Å².